The predicted octanol–water partition coefficient (Wildman–Crippen LogP) is 0.258. The van der Waals surface area contributed by atoms with Crippen LogP contribution in [0.1, 0.15) is 32.1 Å². The minimum Gasteiger partial charge on any atom is -0.355 e. The van der Waals surface area contributed by atoms with Crippen molar-refractivity contribution in [3.05, 3.63) is 0 Å². The van der Waals surface area contributed by atoms with Gasteiger partial charge in [0, 0.05) is 58.3 Å². The van der Waals surface area contributed by atoms with Gasteiger partial charge >= 0.3 is 0 Å². The third-order valence-electron chi connectivity index (χ3n) is 5.00. The summed E-state index contributed by atoms with van der Waals surface area (Å²) in [4.78, 5) is 21.0. The number of nitrogens with zero attached hydrogens (tertiary/aromatic N) is 3. The zero-order chi connectivity index (χ0) is 15.4. The van der Waals surface area contributed by atoms with Crippen molar-refractivity contribution in [3.8, 4) is 0 Å². The largest absolute Gasteiger partial charge is 0.355 e. The molecule has 6 nitrogen and oxygen atoms in total. The molecule has 0 bridgehead atoms. The van der Waals surface area contributed by atoms with Crippen LogP contribution in [0.3, 0.4) is 0 Å². The zero-order valence-corrected chi connectivity index (χ0v) is 13.7. The van der Waals surface area contributed by atoms with Crippen molar-refractivity contribution in [3.63, 3.8) is 0 Å². The first kappa shape index (κ1) is 15.6. The van der Waals surface area contributed by atoms with Gasteiger partial charge in [0.1, 0.15) is 0 Å². The van der Waals surface area contributed by atoms with Crippen LogP contribution < -0.4 is 10.6 Å². The normalized spacial score (nSPS) is 24.0. The van der Waals surface area contributed by atoms with E-state index >= 15 is 0 Å². The Bertz CT molecular complexity index is 409. The topological polar surface area (TPSA) is 60.0 Å². The lowest BCUT2D eigenvalue weighted by molar-refractivity contribution is -0.139. The second-order valence-electron chi connectivity index (χ2n) is 6.71. The van der Waals surface area contributed by atoms with Crippen LogP contribution in [0.5, 0.6) is 0 Å². The minimum absolute atomic E-state index is 0.338. The molecule has 0 aromatic rings. The summed E-state index contributed by atoms with van der Waals surface area (Å²) in [7, 11) is 1.82. The number of nitrogens with one attached hydrogen (secondary N) is 2. The molecule has 1 heterocycles. The Kier molecular flexibility index (Phi) is 5.18. The van der Waals surface area contributed by atoms with Gasteiger partial charge in [-0.25, -0.2) is 0 Å². The van der Waals surface area contributed by atoms with Crippen LogP contribution in [0.25, 0.3) is 0 Å². The maximum absolute atomic E-state index is 12.2. The number of aliphatic imine (C=N–C) groups is 1. The molecule has 2 N–H and O–H groups in total. The molecule has 22 heavy (non-hydrogen) atoms. The maximum Gasteiger partial charge on any atom is 0.225 e. The SMILES string of the molecule is CN=C(NCCN1CCN(C(=O)C2CCC2)CC1)NC1CC1. The van der Waals surface area contributed by atoms with Crippen LogP contribution in [-0.2, 0) is 4.79 Å². The Morgan fingerprint density at radius 3 is 2.41 bits per heavy atom. The molecule has 2 aliphatic carbocycles. The van der Waals surface area contributed by atoms with E-state index in [0.29, 0.717) is 17.9 Å². The molecule has 0 atom stereocenters. The van der Waals surface area contributed by atoms with Gasteiger partial charge < -0.3 is 15.5 Å². The summed E-state index contributed by atoms with van der Waals surface area (Å²) in [5.41, 5.74) is 0. The summed E-state index contributed by atoms with van der Waals surface area (Å²) in [5, 5.41) is 6.77. The highest BCUT2D eigenvalue weighted by Crippen LogP contribution is 2.28. The summed E-state index contributed by atoms with van der Waals surface area (Å²) in [6.07, 6.45) is 5.97. The van der Waals surface area contributed by atoms with Gasteiger partial charge in [-0.15, -0.1) is 0 Å². The van der Waals surface area contributed by atoms with Gasteiger partial charge in [-0.05, 0) is 25.7 Å². The average molecular weight is 307 g/mol. The average Bonchev–Trinajstić information content (AvgIpc) is 3.29. The number of carbonyl (C=O) groups is 1. The zero-order valence-electron chi connectivity index (χ0n) is 13.7. The number of rotatable bonds is 5. The fraction of sp³-hybridized carbons (Fsp3) is 0.875. The quantitative estimate of drug-likeness (QED) is 0.565. The third kappa shape index (κ3) is 4.12. The van der Waals surface area contributed by atoms with E-state index in [1.54, 1.807) is 0 Å². The fourth-order valence-electron chi connectivity index (χ4n) is 3.05. The molecule has 0 aromatic heterocycles. The Morgan fingerprint density at radius 1 is 1.14 bits per heavy atom. The van der Waals surface area contributed by atoms with E-state index in [-0.39, 0.29) is 0 Å². The smallest absolute Gasteiger partial charge is 0.225 e. The minimum atomic E-state index is 0.338. The van der Waals surface area contributed by atoms with Crippen LogP contribution in [0, 0.1) is 5.92 Å². The van der Waals surface area contributed by atoms with E-state index in [4.69, 9.17) is 0 Å². The fourth-order valence-corrected chi connectivity index (χ4v) is 3.05. The summed E-state index contributed by atoms with van der Waals surface area (Å²) in [5.74, 6) is 1.66. The van der Waals surface area contributed by atoms with E-state index in [2.05, 4.69) is 25.4 Å². The number of amides is 1. The molecule has 3 aliphatic rings. The van der Waals surface area contributed by atoms with E-state index in [1.165, 1.54) is 19.3 Å². The standard InChI is InChI=1S/C16H29N5O/c1-17-16(19-14-5-6-14)18-7-8-20-9-11-21(12-10-20)15(22)13-3-2-4-13/h13-14H,2-12H2,1H3,(H2,17,18,19). The molecule has 3 fully saturated rings. The van der Waals surface area contributed by atoms with Crippen molar-refractivity contribution in [2.45, 2.75) is 38.1 Å². The van der Waals surface area contributed by atoms with Gasteiger partial charge in [-0.2, -0.15) is 0 Å². The second-order valence-corrected chi connectivity index (χ2v) is 6.71. The first-order valence-electron chi connectivity index (χ1n) is 8.74. The molecule has 1 saturated heterocycles. The highest BCUT2D eigenvalue weighted by molar-refractivity contribution is 5.80. The molecular formula is C16H29N5O. The van der Waals surface area contributed by atoms with Crippen LogP contribution in [0.2, 0.25) is 0 Å². The van der Waals surface area contributed by atoms with Crippen LogP contribution in [0.4, 0.5) is 0 Å². The molecule has 1 aliphatic heterocycles. The van der Waals surface area contributed by atoms with Gasteiger partial charge in [-0.3, -0.25) is 14.7 Å². The van der Waals surface area contributed by atoms with Crippen molar-refractivity contribution in [2.24, 2.45) is 10.9 Å². The van der Waals surface area contributed by atoms with Crippen molar-refractivity contribution in [1.82, 2.24) is 20.4 Å². The lowest BCUT2D eigenvalue weighted by Gasteiger charge is -2.38. The van der Waals surface area contributed by atoms with Gasteiger partial charge in [0.2, 0.25) is 5.91 Å². The summed E-state index contributed by atoms with van der Waals surface area (Å²) >= 11 is 0. The number of guanidine groups is 1. The molecule has 2 saturated carbocycles. The molecule has 0 unspecified atom stereocenters. The molecule has 0 aromatic carbocycles. The lowest BCUT2D eigenvalue weighted by atomic mass is 9.84. The molecular weight excluding hydrogens is 278 g/mol. The maximum atomic E-state index is 12.2. The predicted molar refractivity (Wildman–Crippen MR) is 87.9 cm³/mol. The number of piperazine rings is 1. The van der Waals surface area contributed by atoms with Gasteiger partial charge in [0.05, 0.1) is 0 Å². The molecule has 0 spiro atoms. The summed E-state index contributed by atoms with van der Waals surface area (Å²) < 4.78 is 0. The summed E-state index contributed by atoms with van der Waals surface area (Å²) in [6, 6.07) is 0.632. The van der Waals surface area contributed by atoms with Crippen molar-refractivity contribution in [2.75, 3.05) is 46.3 Å². The van der Waals surface area contributed by atoms with Gasteiger partial charge in [0.25, 0.3) is 0 Å². The number of carbonyl (C=O) groups excluding carboxylic acids is 1. The Morgan fingerprint density at radius 2 is 1.86 bits per heavy atom. The van der Waals surface area contributed by atoms with Crippen molar-refractivity contribution >= 4 is 11.9 Å². The molecule has 1 amide bonds. The van der Waals surface area contributed by atoms with Gasteiger partial charge in [-0.1, -0.05) is 6.42 Å². The van der Waals surface area contributed by atoms with Crippen molar-refractivity contribution in [1.29, 1.82) is 0 Å². The van der Waals surface area contributed by atoms with E-state index in [1.807, 2.05) is 7.05 Å². The monoisotopic (exact) mass is 307 g/mol. The van der Waals surface area contributed by atoms with Crippen LogP contribution in [-0.4, -0.2) is 74.0 Å². The lowest BCUT2D eigenvalue weighted by Crippen LogP contribution is -2.52. The molecule has 0 radical (unpaired) electrons. The summed E-state index contributed by atoms with van der Waals surface area (Å²) in [6.45, 7) is 5.69. The van der Waals surface area contributed by atoms with Gasteiger partial charge in [0.15, 0.2) is 5.96 Å². The Labute approximate surface area is 133 Å². The first-order valence-corrected chi connectivity index (χ1v) is 8.74. The first-order chi connectivity index (χ1) is 10.8. The van der Waals surface area contributed by atoms with E-state index < -0.39 is 0 Å². The molecule has 124 valence electrons. The third-order valence-corrected chi connectivity index (χ3v) is 5.00. The van der Waals surface area contributed by atoms with E-state index in [9.17, 15) is 4.79 Å². The number of hydrogen-bond acceptors (Lipinski definition) is 3. The highest BCUT2D eigenvalue weighted by atomic mass is 16.2. The van der Waals surface area contributed by atoms with Crippen LogP contribution in [0.15, 0.2) is 4.99 Å². The Hall–Kier alpha value is -1.30. The second kappa shape index (κ2) is 7.31. The van der Waals surface area contributed by atoms with Crippen molar-refractivity contribution < 1.29 is 4.79 Å². The molecule has 3 rings (SSSR count). The highest BCUT2D eigenvalue weighted by Gasteiger charge is 2.31. The molecule has 6 heteroatoms. The van der Waals surface area contributed by atoms with Crippen LogP contribution >= 0.6 is 0 Å². The van der Waals surface area contributed by atoms with E-state index in [0.717, 1.165) is 58.1 Å². The number of hydrogen-bond donors (Lipinski definition) is 2. The Balaban J connectivity index is 1.30.